The third-order valence-corrected chi connectivity index (χ3v) is 4.32. The average molecular weight is 310 g/mol. The van der Waals surface area contributed by atoms with E-state index in [9.17, 15) is 4.79 Å². The summed E-state index contributed by atoms with van der Waals surface area (Å²) in [5.41, 5.74) is 0.657. The Hall–Kier alpha value is -1.40. The molecule has 1 fully saturated rings. The van der Waals surface area contributed by atoms with Crippen molar-refractivity contribution in [3.8, 4) is 11.5 Å². The molecule has 1 aromatic rings. The third-order valence-electron chi connectivity index (χ3n) is 3.19. The fourth-order valence-corrected chi connectivity index (χ4v) is 3.14. The number of benzene rings is 1. The number of rotatable bonds is 6. The van der Waals surface area contributed by atoms with Crippen LogP contribution in [-0.2, 0) is 4.79 Å². The van der Waals surface area contributed by atoms with Crippen molar-refractivity contribution in [3.05, 3.63) is 18.2 Å². The third kappa shape index (κ3) is 4.82. The Morgan fingerprint density at radius 2 is 2.38 bits per heavy atom. The molecule has 21 heavy (non-hydrogen) atoms. The highest BCUT2D eigenvalue weighted by Crippen LogP contribution is 2.29. The minimum Gasteiger partial charge on any atom is -0.497 e. The van der Waals surface area contributed by atoms with Crippen LogP contribution in [-0.4, -0.2) is 43.7 Å². The molecule has 0 aliphatic carbocycles. The van der Waals surface area contributed by atoms with E-state index in [-0.39, 0.29) is 11.9 Å². The number of ether oxygens (including phenoxy) is 2. The molecule has 0 bridgehead atoms. The van der Waals surface area contributed by atoms with Gasteiger partial charge in [-0.1, -0.05) is 0 Å². The van der Waals surface area contributed by atoms with E-state index in [1.807, 2.05) is 30.8 Å². The Morgan fingerprint density at radius 1 is 1.52 bits per heavy atom. The molecule has 0 saturated carbocycles. The Balaban J connectivity index is 2.00. The van der Waals surface area contributed by atoms with Crippen molar-refractivity contribution in [2.75, 3.05) is 37.1 Å². The van der Waals surface area contributed by atoms with Crippen LogP contribution in [0.15, 0.2) is 18.2 Å². The molecule has 1 heterocycles. The van der Waals surface area contributed by atoms with Gasteiger partial charge in [-0.05, 0) is 19.1 Å². The highest BCUT2D eigenvalue weighted by atomic mass is 32.2. The highest BCUT2D eigenvalue weighted by Gasteiger charge is 2.18. The molecule has 2 rings (SSSR count). The van der Waals surface area contributed by atoms with Gasteiger partial charge in [0.2, 0.25) is 5.91 Å². The summed E-state index contributed by atoms with van der Waals surface area (Å²) in [6.45, 7) is 3.43. The quantitative estimate of drug-likeness (QED) is 0.843. The topological polar surface area (TPSA) is 59.6 Å². The van der Waals surface area contributed by atoms with Crippen molar-refractivity contribution in [1.29, 1.82) is 0 Å². The number of hydrogen-bond donors (Lipinski definition) is 2. The first-order valence-corrected chi connectivity index (χ1v) is 8.30. The van der Waals surface area contributed by atoms with Gasteiger partial charge in [0.25, 0.3) is 0 Å². The summed E-state index contributed by atoms with van der Waals surface area (Å²) in [7, 11) is 1.60. The van der Waals surface area contributed by atoms with E-state index >= 15 is 0 Å². The van der Waals surface area contributed by atoms with Crippen LogP contribution < -0.4 is 20.1 Å². The predicted molar refractivity (Wildman–Crippen MR) is 86.5 cm³/mol. The average Bonchev–Trinajstić information content (AvgIpc) is 2.50. The number of hydrogen-bond acceptors (Lipinski definition) is 5. The Morgan fingerprint density at radius 3 is 3.05 bits per heavy atom. The Labute approximate surface area is 129 Å². The molecule has 5 nitrogen and oxygen atoms in total. The first-order valence-electron chi connectivity index (χ1n) is 7.14. The molecule has 6 heteroatoms. The van der Waals surface area contributed by atoms with Gasteiger partial charge in [0, 0.05) is 36.6 Å². The molecule has 1 aromatic carbocycles. The number of anilines is 1. The number of amides is 1. The first-order chi connectivity index (χ1) is 10.2. The number of carbonyl (C=O) groups excluding carboxylic acids is 1. The fraction of sp³-hybridized carbons (Fsp3) is 0.533. The van der Waals surface area contributed by atoms with Crippen LogP contribution in [0.3, 0.4) is 0 Å². The predicted octanol–water partition coefficient (Wildman–Crippen LogP) is 2.13. The molecule has 1 saturated heterocycles. The smallest absolute Gasteiger partial charge is 0.226 e. The summed E-state index contributed by atoms with van der Waals surface area (Å²) in [5, 5.41) is 6.28. The second-order valence-corrected chi connectivity index (χ2v) is 5.92. The van der Waals surface area contributed by atoms with Gasteiger partial charge < -0.3 is 20.1 Å². The molecule has 0 aromatic heterocycles. The number of nitrogens with one attached hydrogen (secondary N) is 2. The van der Waals surface area contributed by atoms with E-state index in [2.05, 4.69) is 10.6 Å². The zero-order valence-corrected chi connectivity index (χ0v) is 13.3. The van der Waals surface area contributed by atoms with Gasteiger partial charge >= 0.3 is 0 Å². The van der Waals surface area contributed by atoms with Crippen LogP contribution in [0, 0.1) is 0 Å². The van der Waals surface area contributed by atoms with Crippen LogP contribution in [0.2, 0.25) is 0 Å². The molecule has 0 radical (unpaired) electrons. The van der Waals surface area contributed by atoms with Crippen LogP contribution in [0.4, 0.5) is 5.69 Å². The lowest BCUT2D eigenvalue weighted by atomic mass is 10.2. The maximum Gasteiger partial charge on any atom is 0.226 e. The van der Waals surface area contributed by atoms with Crippen LogP contribution in [0.1, 0.15) is 13.3 Å². The Bertz CT molecular complexity index is 476. The standard InChI is InChI=1S/C15H22N2O3S/c1-3-20-14-5-4-12(19-2)9-13(14)17-15(18)8-11-10-21-7-6-16-11/h4-5,9,11,16H,3,6-8,10H2,1-2H3,(H,17,18). The van der Waals surface area contributed by atoms with E-state index in [0.29, 0.717) is 30.2 Å². The van der Waals surface area contributed by atoms with Crippen molar-refractivity contribution in [1.82, 2.24) is 5.32 Å². The summed E-state index contributed by atoms with van der Waals surface area (Å²) in [6.07, 6.45) is 0.468. The minimum absolute atomic E-state index is 0.00999. The van der Waals surface area contributed by atoms with Gasteiger partial charge in [-0.15, -0.1) is 0 Å². The van der Waals surface area contributed by atoms with Gasteiger partial charge in [-0.25, -0.2) is 0 Å². The number of carbonyl (C=O) groups is 1. The van der Waals surface area contributed by atoms with Crippen molar-refractivity contribution >= 4 is 23.4 Å². The van der Waals surface area contributed by atoms with E-state index < -0.39 is 0 Å². The lowest BCUT2D eigenvalue weighted by Crippen LogP contribution is -2.39. The van der Waals surface area contributed by atoms with Crippen LogP contribution in [0.5, 0.6) is 11.5 Å². The SMILES string of the molecule is CCOc1ccc(OC)cc1NC(=O)CC1CSCCN1. The van der Waals surface area contributed by atoms with Gasteiger partial charge in [0.15, 0.2) is 0 Å². The minimum atomic E-state index is -0.00999. The molecule has 0 spiro atoms. The van der Waals surface area contributed by atoms with E-state index in [4.69, 9.17) is 9.47 Å². The molecule has 1 aliphatic rings. The second kappa shape index (κ2) is 8.14. The molecule has 1 amide bonds. The summed E-state index contributed by atoms with van der Waals surface area (Å²) < 4.78 is 10.7. The van der Waals surface area contributed by atoms with E-state index in [1.54, 1.807) is 13.2 Å². The lowest BCUT2D eigenvalue weighted by Gasteiger charge is -2.22. The van der Waals surface area contributed by atoms with Crippen molar-refractivity contribution in [3.63, 3.8) is 0 Å². The van der Waals surface area contributed by atoms with Gasteiger partial charge in [-0.3, -0.25) is 4.79 Å². The Kier molecular flexibility index (Phi) is 6.20. The largest absolute Gasteiger partial charge is 0.497 e. The lowest BCUT2D eigenvalue weighted by molar-refractivity contribution is -0.116. The van der Waals surface area contributed by atoms with Crippen LogP contribution >= 0.6 is 11.8 Å². The van der Waals surface area contributed by atoms with Gasteiger partial charge in [-0.2, -0.15) is 11.8 Å². The van der Waals surface area contributed by atoms with Crippen molar-refractivity contribution in [2.24, 2.45) is 0 Å². The molecule has 1 unspecified atom stereocenters. The maximum atomic E-state index is 12.2. The number of thioether (sulfide) groups is 1. The second-order valence-electron chi connectivity index (χ2n) is 4.77. The van der Waals surface area contributed by atoms with Crippen molar-refractivity contribution < 1.29 is 14.3 Å². The zero-order chi connectivity index (χ0) is 15.1. The zero-order valence-electron chi connectivity index (χ0n) is 12.5. The first kappa shape index (κ1) is 16.0. The molecule has 116 valence electrons. The summed E-state index contributed by atoms with van der Waals surface area (Å²) in [5.74, 6) is 3.44. The van der Waals surface area contributed by atoms with Crippen LogP contribution in [0.25, 0.3) is 0 Å². The van der Waals surface area contributed by atoms with Gasteiger partial charge in [0.05, 0.1) is 19.4 Å². The summed E-state index contributed by atoms with van der Waals surface area (Å²) >= 11 is 1.88. The normalized spacial score (nSPS) is 18.1. The molecular weight excluding hydrogens is 288 g/mol. The molecule has 2 N–H and O–H groups in total. The highest BCUT2D eigenvalue weighted by molar-refractivity contribution is 7.99. The number of methoxy groups -OCH3 is 1. The molecule has 1 atom stereocenters. The molecule has 1 aliphatic heterocycles. The van der Waals surface area contributed by atoms with Gasteiger partial charge in [0.1, 0.15) is 11.5 Å². The van der Waals surface area contributed by atoms with E-state index in [0.717, 1.165) is 18.1 Å². The maximum absolute atomic E-state index is 12.2. The van der Waals surface area contributed by atoms with E-state index in [1.165, 1.54) is 0 Å². The summed E-state index contributed by atoms with van der Waals surface area (Å²) in [6, 6.07) is 5.66. The summed E-state index contributed by atoms with van der Waals surface area (Å²) in [4.78, 5) is 12.2. The fourth-order valence-electron chi connectivity index (χ4n) is 2.19. The molecular formula is C15H22N2O3S. The van der Waals surface area contributed by atoms with Crippen molar-refractivity contribution in [2.45, 2.75) is 19.4 Å². The monoisotopic (exact) mass is 310 g/mol.